The Kier molecular flexibility index (Phi) is 3.91. The van der Waals surface area contributed by atoms with Gasteiger partial charge in [-0.25, -0.2) is 0 Å². The molecule has 24 heavy (non-hydrogen) atoms. The second kappa shape index (κ2) is 5.78. The van der Waals surface area contributed by atoms with E-state index in [-0.39, 0.29) is 5.91 Å². The Bertz CT molecular complexity index is 794. The maximum atomic E-state index is 12.4. The van der Waals surface area contributed by atoms with Crippen LogP contribution in [0.1, 0.15) is 19.4 Å². The Morgan fingerprint density at radius 3 is 2.58 bits per heavy atom. The smallest absolute Gasteiger partial charge is 0.307 e. The van der Waals surface area contributed by atoms with Crippen molar-refractivity contribution in [2.75, 3.05) is 0 Å². The van der Waals surface area contributed by atoms with Gasteiger partial charge in [-0.05, 0) is 16.5 Å². The van der Waals surface area contributed by atoms with Crippen LogP contribution in [0.4, 0.5) is 0 Å². The molecule has 1 saturated carbocycles. The minimum absolute atomic E-state index is 0.201. The molecule has 1 aromatic carbocycles. The van der Waals surface area contributed by atoms with Crippen LogP contribution in [0.3, 0.4) is 0 Å². The van der Waals surface area contributed by atoms with Crippen LogP contribution in [-0.4, -0.2) is 26.8 Å². The van der Waals surface area contributed by atoms with E-state index in [2.05, 4.69) is 10.4 Å². The van der Waals surface area contributed by atoms with E-state index in [1.807, 2.05) is 51.4 Å². The van der Waals surface area contributed by atoms with Crippen molar-refractivity contribution in [1.82, 2.24) is 15.1 Å². The van der Waals surface area contributed by atoms with Crippen LogP contribution in [-0.2, 0) is 23.2 Å². The normalized spacial score (nSPS) is 21.3. The third kappa shape index (κ3) is 2.79. The van der Waals surface area contributed by atoms with Gasteiger partial charge in [0.2, 0.25) is 5.91 Å². The van der Waals surface area contributed by atoms with Gasteiger partial charge in [-0.1, -0.05) is 38.1 Å². The molecule has 1 aromatic heterocycles. The number of carbonyl (C=O) groups is 2. The number of aryl methyl sites for hydroxylation is 1. The highest BCUT2D eigenvalue weighted by Crippen LogP contribution is 2.58. The van der Waals surface area contributed by atoms with Crippen molar-refractivity contribution in [2.45, 2.75) is 20.4 Å². The standard InChI is InChI=1S/C18H21N3O3/c1-18(2)14(15(18)17(23)24)16(22)19-8-11-6-4-5-7-13(11)12-9-20-21(3)10-12/h4-7,9-10,14-15H,8H2,1-3H3,(H,19,22)(H,23,24)/t14-,15+/m0/s1. The molecule has 2 atom stereocenters. The first-order valence-corrected chi connectivity index (χ1v) is 7.90. The third-order valence-corrected chi connectivity index (χ3v) is 4.86. The molecule has 1 aliphatic rings. The predicted octanol–water partition coefficient (Wildman–Crippen LogP) is 2.06. The summed E-state index contributed by atoms with van der Waals surface area (Å²) in [6, 6.07) is 7.80. The second-order valence-electron chi connectivity index (χ2n) is 6.89. The summed E-state index contributed by atoms with van der Waals surface area (Å²) >= 11 is 0. The van der Waals surface area contributed by atoms with E-state index < -0.39 is 23.2 Å². The van der Waals surface area contributed by atoms with E-state index >= 15 is 0 Å². The van der Waals surface area contributed by atoms with Crippen molar-refractivity contribution in [2.24, 2.45) is 24.3 Å². The monoisotopic (exact) mass is 327 g/mol. The lowest BCUT2D eigenvalue weighted by molar-refractivity contribution is -0.140. The number of carboxylic acids is 1. The van der Waals surface area contributed by atoms with Gasteiger partial charge in [0.1, 0.15) is 0 Å². The maximum absolute atomic E-state index is 12.4. The minimum Gasteiger partial charge on any atom is -0.481 e. The quantitative estimate of drug-likeness (QED) is 0.880. The second-order valence-corrected chi connectivity index (χ2v) is 6.89. The maximum Gasteiger partial charge on any atom is 0.307 e. The SMILES string of the molecule is Cn1cc(-c2ccccc2CNC(=O)[C@@H]2[C@H](C(=O)O)C2(C)C)cn1. The molecule has 1 fully saturated rings. The van der Waals surface area contributed by atoms with Crippen molar-refractivity contribution in [3.63, 3.8) is 0 Å². The predicted molar refractivity (Wildman–Crippen MR) is 88.9 cm³/mol. The lowest BCUT2D eigenvalue weighted by Gasteiger charge is -2.10. The highest BCUT2D eigenvalue weighted by atomic mass is 16.4. The zero-order chi connectivity index (χ0) is 17.5. The molecule has 0 bridgehead atoms. The molecule has 0 saturated heterocycles. The average molecular weight is 327 g/mol. The van der Waals surface area contributed by atoms with Crippen LogP contribution in [0.25, 0.3) is 11.1 Å². The van der Waals surface area contributed by atoms with Crippen molar-refractivity contribution in [3.05, 3.63) is 42.2 Å². The van der Waals surface area contributed by atoms with Gasteiger partial charge in [-0.15, -0.1) is 0 Å². The van der Waals surface area contributed by atoms with Gasteiger partial charge < -0.3 is 10.4 Å². The fourth-order valence-electron chi connectivity index (χ4n) is 3.40. The Morgan fingerprint density at radius 1 is 1.29 bits per heavy atom. The Balaban J connectivity index is 1.72. The van der Waals surface area contributed by atoms with E-state index in [1.165, 1.54) is 0 Å². The lowest BCUT2D eigenvalue weighted by atomic mass is 10.0. The van der Waals surface area contributed by atoms with Crippen LogP contribution in [0.2, 0.25) is 0 Å². The summed E-state index contributed by atoms with van der Waals surface area (Å²) in [4.78, 5) is 23.6. The Labute approximate surface area is 140 Å². The summed E-state index contributed by atoms with van der Waals surface area (Å²) in [7, 11) is 1.86. The number of nitrogens with zero attached hydrogens (tertiary/aromatic N) is 2. The van der Waals surface area contributed by atoms with Crippen LogP contribution in [0.15, 0.2) is 36.7 Å². The van der Waals surface area contributed by atoms with E-state index in [0.29, 0.717) is 6.54 Å². The Morgan fingerprint density at radius 2 is 2.00 bits per heavy atom. The number of nitrogens with one attached hydrogen (secondary N) is 1. The zero-order valence-electron chi connectivity index (χ0n) is 14.0. The molecule has 0 unspecified atom stereocenters. The van der Waals surface area contributed by atoms with Gasteiger partial charge >= 0.3 is 5.97 Å². The fourth-order valence-corrected chi connectivity index (χ4v) is 3.40. The molecule has 1 aliphatic carbocycles. The van der Waals surface area contributed by atoms with E-state index in [4.69, 9.17) is 0 Å². The first-order valence-electron chi connectivity index (χ1n) is 7.90. The first kappa shape index (κ1) is 16.2. The molecule has 2 aromatic rings. The highest BCUT2D eigenvalue weighted by Gasteiger charge is 2.65. The third-order valence-electron chi connectivity index (χ3n) is 4.86. The van der Waals surface area contributed by atoms with E-state index in [1.54, 1.807) is 10.9 Å². The number of carboxylic acid groups (broad SMARTS) is 1. The average Bonchev–Trinajstić information content (AvgIpc) is 2.87. The topological polar surface area (TPSA) is 84.2 Å². The summed E-state index contributed by atoms with van der Waals surface area (Å²) in [5, 5.41) is 16.3. The molecule has 3 rings (SSSR count). The molecule has 1 amide bonds. The van der Waals surface area contributed by atoms with Gasteiger partial charge in [-0.3, -0.25) is 14.3 Å². The molecule has 2 N–H and O–H groups in total. The number of amides is 1. The van der Waals surface area contributed by atoms with E-state index in [0.717, 1.165) is 16.7 Å². The Hall–Kier alpha value is -2.63. The number of aromatic nitrogens is 2. The van der Waals surface area contributed by atoms with Gasteiger partial charge in [0.15, 0.2) is 0 Å². The van der Waals surface area contributed by atoms with Crippen LogP contribution in [0, 0.1) is 17.3 Å². The number of carbonyl (C=O) groups excluding carboxylic acids is 1. The van der Waals surface area contributed by atoms with Crippen molar-refractivity contribution in [1.29, 1.82) is 0 Å². The van der Waals surface area contributed by atoms with Gasteiger partial charge in [0.05, 0.1) is 18.0 Å². The summed E-state index contributed by atoms with van der Waals surface area (Å²) in [6.07, 6.45) is 3.70. The van der Waals surface area contributed by atoms with Crippen LogP contribution < -0.4 is 5.32 Å². The summed E-state index contributed by atoms with van der Waals surface area (Å²) in [5.41, 5.74) is 2.48. The molecular formula is C18H21N3O3. The van der Waals surface area contributed by atoms with Crippen molar-refractivity contribution >= 4 is 11.9 Å². The molecule has 0 aliphatic heterocycles. The van der Waals surface area contributed by atoms with Gasteiger partial charge in [0.25, 0.3) is 0 Å². The minimum atomic E-state index is -0.907. The summed E-state index contributed by atoms with van der Waals surface area (Å²) in [6.45, 7) is 4.00. The number of aliphatic carboxylic acids is 1. The molecule has 0 radical (unpaired) electrons. The fraction of sp³-hybridized carbons (Fsp3) is 0.389. The molecule has 6 heteroatoms. The van der Waals surface area contributed by atoms with E-state index in [9.17, 15) is 14.7 Å². The summed E-state index contributed by atoms with van der Waals surface area (Å²) < 4.78 is 1.73. The molecule has 0 spiro atoms. The number of hydrogen-bond donors (Lipinski definition) is 2. The van der Waals surface area contributed by atoms with Crippen LogP contribution in [0.5, 0.6) is 0 Å². The summed E-state index contributed by atoms with van der Waals surface area (Å²) in [5.74, 6) is -2.18. The van der Waals surface area contributed by atoms with Crippen molar-refractivity contribution in [3.8, 4) is 11.1 Å². The molecular weight excluding hydrogens is 306 g/mol. The van der Waals surface area contributed by atoms with Gasteiger partial charge in [-0.2, -0.15) is 5.10 Å². The zero-order valence-corrected chi connectivity index (χ0v) is 14.0. The largest absolute Gasteiger partial charge is 0.481 e. The van der Waals surface area contributed by atoms with Gasteiger partial charge in [0, 0.05) is 25.4 Å². The molecule has 126 valence electrons. The first-order chi connectivity index (χ1) is 11.3. The lowest BCUT2D eigenvalue weighted by Crippen LogP contribution is -2.27. The van der Waals surface area contributed by atoms with Crippen molar-refractivity contribution < 1.29 is 14.7 Å². The van der Waals surface area contributed by atoms with Crippen LogP contribution >= 0.6 is 0 Å². The number of hydrogen-bond acceptors (Lipinski definition) is 3. The number of rotatable bonds is 5. The highest BCUT2D eigenvalue weighted by molar-refractivity contribution is 5.91. The number of benzene rings is 1. The molecule has 6 nitrogen and oxygen atoms in total. The molecule has 1 heterocycles.